The highest BCUT2D eigenvalue weighted by molar-refractivity contribution is 6.30. The Labute approximate surface area is 164 Å². The van der Waals surface area contributed by atoms with Crippen LogP contribution in [0.2, 0.25) is 5.02 Å². The molecule has 2 aromatic carbocycles. The Morgan fingerprint density at radius 1 is 0.889 bits per heavy atom. The van der Waals surface area contributed by atoms with Gasteiger partial charge in [-0.1, -0.05) is 54.1 Å². The molecule has 1 N–H and O–H groups in total. The third-order valence-corrected chi connectivity index (χ3v) is 4.95. The van der Waals surface area contributed by atoms with Crippen molar-refractivity contribution < 1.29 is 9.59 Å². The Balaban J connectivity index is 1.38. The minimum atomic E-state index is 0.0137. The predicted molar refractivity (Wildman–Crippen MR) is 106 cm³/mol. The average molecular weight is 386 g/mol. The number of rotatable bonds is 6. The van der Waals surface area contributed by atoms with Crippen molar-refractivity contribution in [2.24, 2.45) is 0 Å². The Hall–Kier alpha value is -2.37. The average Bonchev–Trinajstić information content (AvgIpc) is 2.69. The van der Waals surface area contributed by atoms with Crippen LogP contribution >= 0.6 is 11.6 Å². The molecule has 27 heavy (non-hydrogen) atoms. The van der Waals surface area contributed by atoms with Gasteiger partial charge >= 0.3 is 0 Å². The van der Waals surface area contributed by atoms with Gasteiger partial charge in [-0.2, -0.15) is 0 Å². The maximum Gasteiger partial charge on any atom is 0.234 e. The normalized spacial score (nSPS) is 14.8. The third-order valence-electron chi connectivity index (χ3n) is 4.69. The lowest BCUT2D eigenvalue weighted by Gasteiger charge is -2.34. The maximum absolute atomic E-state index is 12.4. The summed E-state index contributed by atoms with van der Waals surface area (Å²) in [6.45, 7) is 3.64. The van der Waals surface area contributed by atoms with E-state index in [2.05, 4.69) is 10.2 Å². The van der Waals surface area contributed by atoms with E-state index in [4.69, 9.17) is 11.6 Å². The molecule has 0 unspecified atom stereocenters. The van der Waals surface area contributed by atoms with Gasteiger partial charge in [0.2, 0.25) is 11.8 Å². The summed E-state index contributed by atoms with van der Waals surface area (Å²) < 4.78 is 0. The standard InChI is InChI=1S/C21H24ClN3O2/c22-19-8-6-17(7-9-19)14-21(27)25-12-10-24(11-13-25)16-20(26)23-15-18-4-2-1-3-5-18/h1-9H,10-16H2,(H,23,26). The highest BCUT2D eigenvalue weighted by Crippen LogP contribution is 2.12. The molecular weight excluding hydrogens is 362 g/mol. The van der Waals surface area contributed by atoms with Gasteiger partial charge in [0.15, 0.2) is 0 Å². The van der Waals surface area contributed by atoms with Gasteiger partial charge in [-0.25, -0.2) is 0 Å². The van der Waals surface area contributed by atoms with Gasteiger partial charge in [0.05, 0.1) is 13.0 Å². The molecule has 6 heteroatoms. The fourth-order valence-electron chi connectivity index (χ4n) is 3.10. The molecule has 0 aliphatic carbocycles. The van der Waals surface area contributed by atoms with Crippen molar-refractivity contribution in [1.29, 1.82) is 0 Å². The summed E-state index contributed by atoms with van der Waals surface area (Å²) in [5.41, 5.74) is 2.05. The molecule has 2 amide bonds. The van der Waals surface area contributed by atoms with Crippen LogP contribution in [0, 0.1) is 0 Å². The lowest BCUT2D eigenvalue weighted by atomic mass is 10.1. The summed E-state index contributed by atoms with van der Waals surface area (Å²) in [5, 5.41) is 3.62. The van der Waals surface area contributed by atoms with E-state index in [0.29, 0.717) is 50.7 Å². The molecule has 1 saturated heterocycles. The molecule has 3 rings (SSSR count). The van der Waals surface area contributed by atoms with Crippen LogP contribution < -0.4 is 5.32 Å². The molecule has 0 aromatic heterocycles. The summed E-state index contributed by atoms with van der Waals surface area (Å²) in [6, 6.07) is 17.2. The van der Waals surface area contributed by atoms with Crippen molar-refractivity contribution in [3.63, 3.8) is 0 Å². The van der Waals surface area contributed by atoms with Crippen LogP contribution in [-0.2, 0) is 22.6 Å². The summed E-state index contributed by atoms with van der Waals surface area (Å²) >= 11 is 5.88. The van der Waals surface area contributed by atoms with Crippen LogP contribution in [0.4, 0.5) is 0 Å². The molecule has 0 radical (unpaired) electrons. The van der Waals surface area contributed by atoms with E-state index in [1.54, 1.807) is 12.1 Å². The zero-order valence-electron chi connectivity index (χ0n) is 15.2. The van der Waals surface area contributed by atoms with Crippen LogP contribution in [0.25, 0.3) is 0 Å². The quantitative estimate of drug-likeness (QED) is 0.830. The number of hydrogen-bond acceptors (Lipinski definition) is 3. The van der Waals surface area contributed by atoms with E-state index < -0.39 is 0 Å². The number of piperazine rings is 1. The molecule has 142 valence electrons. The molecule has 0 bridgehead atoms. The molecule has 0 spiro atoms. The number of nitrogens with zero attached hydrogens (tertiary/aromatic N) is 2. The van der Waals surface area contributed by atoms with Crippen molar-refractivity contribution in [1.82, 2.24) is 15.1 Å². The molecule has 0 saturated carbocycles. The van der Waals surface area contributed by atoms with Gasteiger partial charge in [-0.15, -0.1) is 0 Å². The SMILES string of the molecule is O=C(CN1CCN(C(=O)Cc2ccc(Cl)cc2)CC1)NCc1ccccc1. The number of carbonyl (C=O) groups excluding carboxylic acids is 2. The van der Waals surface area contributed by atoms with Crippen molar-refractivity contribution in [3.05, 3.63) is 70.7 Å². The van der Waals surface area contributed by atoms with Gasteiger partial charge < -0.3 is 10.2 Å². The van der Waals surface area contributed by atoms with Gasteiger partial charge in [0, 0.05) is 37.7 Å². The predicted octanol–water partition coefficient (Wildman–Crippen LogP) is 2.34. The fraction of sp³-hybridized carbons (Fsp3) is 0.333. The largest absolute Gasteiger partial charge is 0.351 e. The second kappa shape index (κ2) is 9.53. The zero-order chi connectivity index (χ0) is 19.1. The highest BCUT2D eigenvalue weighted by atomic mass is 35.5. The number of halogens is 1. The summed E-state index contributed by atoms with van der Waals surface area (Å²) in [4.78, 5) is 28.5. The minimum absolute atomic E-state index is 0.0137. The molecule has 2 aromatic rings. The Morgan fingerprint density at radius 3 is 2.22 bits per heavy atom. The van der Waals surface area contributed by atoms with E-state index in [-0.39, 0.29) is 11.8 Å². The molecule has 1 aliphatic rings. The number of carbonyl (C=O) groups is 2. The van der Waals surface area contributed by atoms with Crippen LogP contribution in [-0.4, -0.2) is 54.3 Å². The first-order valence-corrected chi connectivity index (χ1v) is 9.53. The van der Waals surface area contributed by atoms with Crippen molar-refractivity contribution >= 4 is 23.4 Å². The minimum Gasteiger partial charge on any atom is -0.351 e. The lowest BCUT2D eigenvalue weighted by Crippen LogP contribution is -2.51. The molecule has 0 atom stereocenters. The first-order valence-electron chi connectivity index (χ1n) is 9.15. The molecule has 1 aliphatic heterocycles. The molecule has 1 heterocycles. The Kier molecular flexibility index (Phi) is 6.85. The second-order valence-corrected chi connectivity index (χ2v) is 7.16. The molecular formula is C21H24ClN3O2. The monoisotopic (exact) mass is 385 g/mol. The number of hydrogen-bond donors (Lipinski definition) is 1. The zero-order valence-corrected chi connectivity index (χ0v) is 16.0. The van der Waals surface area contributed by atoms with Gasteiger partial charge in [-0.05, 0) is 23.3 Å². The maximum atomic E-state index is 12.4. The summed E-state index contributed by atoms with van der Waals surface area (Å²) in [7, 11) is 0. The number of amides is 2. The molecule has 1 fully saturated rings. The number of nitrogens with one attached hydrogen (secondary N) is 1. The van der Waals surface area contributed by atoms with Crippen molar-refractivity contribution in [3.8, 4) is 0 Å². The fourth-order valence-corrected chi connectivity index (χ4v) is 3.23. The van der Waals surface area contributed by atoms with E-state index >= 15 is 0 Å². The van der Waals surface area contributed by atoms with Crippen LogP contribution in [0.5, 0.6) is 0 Å². The summed E-state index contributed by atoms with van der Waals surface area (Å²) in [6.07, 6.45) is 0.384. The smallest absolute Gasteiger partial charge is 0.234 e. The van der Waals surface area contributed by atoms with E-state index in [1.807, 2.05) is 47.4 Å². The third kappa shape index (κ3) is 6.08. The van der Waals surface area contributed by atoms with Crippen LogP contribution in [0.3, 0.4) is 0 Å². The topological polar surface area (TPSA) is 52.7 Å². The highest BCUT2D eigenvalue weighted by Gasteiger charge is 2.22. The Bertz CT molecular complexity index is 757. The first-order chi connectivity index (χ1) is 13.1. The lowest BCUT2D eigenvalue weighted by molar-refractivity contribution is -0.132. The Morgan fingerprint density at radius 2 is 1.56 bits per heavy atom. The number of benzene rings is 2. The van der Waals surface area contributed by atoms with Gasteiger partial charge in [0.25, 0.3) is 0 Å². The van der Waals surface area contributed by atoms with Crippen molar-refractivity contribution in [2.45, 2.75) is 13.0 Å². The van der Waals surface area contributed by atoms with Crippen molar-refractivity contribution in [2.75, 3.05) is 32.7 Å². The van der Waals surface area contributed by atoms with E-state index in [0.717, 1.165) is 11.1 Å². The van der Waals surface area contributed by atoms with Gasteiger partial charge in [-0.3, -0.25) is 14.5 Å². The second-order valence-electron chi connectivity index (χ2n) is 6.72. The first kappa shape index (κ1) is 19.4. The molecule has 5 nitrogen and oxygen atoms in total. The van der Waals surface area contributed by atoms with Crippen LogP contribution in [0.15, 0.2) is 54.6 Å². The van der Waals surface area contributed by atoms with E-state index in [9.17, 15) is 9.59 Å². The van der Waals surface area contributed by atoms with Crippen LogP contribution in [0.1, 0.15) is 11.1 Å². The van der Waals surface area contributed by atoms with Gasteiger partial charge in [0.1, 0.15) is 0 Å². The summed E-state index contributed by atoms with van der Waals surface area (Å²) in [5.74, 6) is 0.130. The van der Waals surface area contributed by atoms with E-state index in [1.165, 1.54) is 0 Å².